The number of nitrogens with one attached hydrogen (secondary N) is 1. The number of hydrogen-bond acceptors (Lipinski definition) is 3. The highest BCUT2D eigenvalue weighted by molar-refractivity contribution is 6.05. The molecule has 1 aliphatic heterocycles. The second kappa shape index (κ2) is 5.76. The number of rotatable bonds is 2. The number of likely N-dealkylation sites (N-methyl/N-ethyl adjacent to an activating group) is 1. The second-order valence-corrected chi connectivity index (χ2v) is 5.66. The Morgan fingerprint density at radius 1 is 1.22 bits per heavy atom. The highest BCUT2D eigenvalue weighted by Crippen LogP contribution is 2.35. The predicted molar refractivity (Wildman–Crippen MR) is 89.1 cm³/mol. The topological polar surface area (TPSA) is 58.6 Å². The summed E-state index contributed by atoms with van der Waals surface area (Å²) in [6.45, 7) is 3.66. The lowest BCUT2D eigenvalue weighted by Gasteiger charge is -2.30. The van der Waals surface area contributed by atoms with Crippen molar-refractivity contribution in [3.05, 3.63) is 53.6 Å². The van der Waals surface area contributed by atoms with E-state index in [0.29, 0.717) is 22.7 Å². The van der Waals surface area contributed by atoms with E-state index in [0.717, 1.165) is 5.56 Å². The van der Waals surface area contributed by atoms with E-state index in [2.05, 4.69) is 5.32 Å². The fraction of sp³-hybridized carbons (Fsp3) is 0.222. The molecule has 1 N–H and O–H groups in total. The van der Waals surface area contributed by atoms with Gasteiger partial charge >= 0.3 is 0 Å². The van der Waals surface area contributed by atoms with Gasteiger partial charge in [-0.15, -0.1) is 0 Å². The molecule has 1 atom stereocenters. The molecule has 2 aromatic rings. The number of ether oxygens (including phenoxy) is 1. The molecule has 1 heterocycles. The number of aryl methyl sites for hydroxylation is 1. The van der Waals surface area contributed by atoms with Crippen molar-refractivity contribution in [2.75, 3.05) is 17.3 Å². The molecule has 2 amide bonds. The average Bonchev–Trinajstić information content (AvgIpc) is 2.53. The molecule has 0 saturated carbocycles. The first kappa shape index (κ1) is 15.1. The molecule has 2 aromatic carbocycles. The van der Waals surface area contributed by atoms with Gasteiger partial charge in [0.1, 0.15) is 5.75 Å². The maximum atomic E-state index is 12.3. The van der Waals surface area contributed by atoms with Crippen LogP contribution in [0.1, 0.15) is 22.8 Å². The zero-order valence-corrected chi connectivity index (χ0v) is 13.3. The van der Waals surface area contributed by atoms with Crippen LogP contribution >= 0.6 is 0 Å². The summed E-state index contributed by atoms with van der Waals surface area (Å²) in [5, 5.41) is 2.85. The van der Waals surface area contributed by atoms with Crippen molar-refractivity contribution in [3.63, 3.8) is 0 Å². The van der Waals surface area contributed by atoms with Crippen molar-refractivity contribution in [2.45, 2.75) is 20.0 Å². The van der Waals surface area contributed by atoms with Gasteiger partial charge in [0.25, 0.3) is 11.8 Å². The van der Waals surface area contributed by atoms with E-state index in [1.807, 2.05) is 25.1 Å². The van der Waals surface area contributed by atoms with Crippen LogP contribution in [0, 0.1) is 6.92 Å². The lowest BCUT2D eigenvalue weighted by molar-refractivity contribution is -0.125. The van der Waals surface area contributed by atoms with Crippen LogP contribution < -0.4 is 15.0 Å². The average molecular weight is 310 g/mol. The van der Waals surface area contributed by atoms with Crippen molar-refractivity contribution in [3.8, 4) is 5.75 Å². The molecule has 0 aromatic heterocycles. The SMILES string of the molecule is Cc1cccc(C(=O)Nc2ccc3c(c2)N(C)C(=O)[C@@H](C)O3)c1. The minimum atomic E-state index is -0.500. The molecule has 5 nitrogen and oxygen atoms in total. The lowest BCUT2D eigenvalue weighted by Crippen LogP contribution is -2.41. The molecule has 0 aliphatic carbocycles. The van der Waals surface area contributed by atoms with Crippen molar-refractivity contribution in [1.82, 2.24) is 0 Å². The van der Waals surface area contributed by atoms with Gasteiger partial charge in [0.2, 0.25) is 0 Å². The van der Waals surface area contributed by atoms with Gasteiger partial charge < -0.3 is 15.0 Å². The first-order chi connectivity index (χ1) is 11.0. The molecule has 23 heavy (non-hydrogen) atoms. The molecule has 118 valence electrons. The minimum Gasteiger partial charge on any atom is -0.479 e. The van der Waals surface area contributed by atoms with Gasteiger partial charge in [-0.25, -0.2) is 0 Å². The first-order valence-electron chi connectivity index (χ1n) is 7.42. The maximum Gasteiger partial charge on any atom is 0.267 e. The highest BCUT2D eigenvalue weighted by atomic mass is 16.5. The van der Waals surface area contributed by atoms with E-state index in [-0.39, 0.29) is 11.8 Å². The van der Waals surface area contributed by atoms with Crippen LogP contribution in [0.15, 0.2) is 42.5 Å². The molecule has 5 heteroatoms. The van der Waals surface area contributed by atoms with E-state index in [1.165, 1.54) is 0 Å². The number of nitrogens with zero attached hydrogens (tertiary/aromatic N) is 1. The van der Waals surface area contributed by atoms with Crippen LogP contribution in [0.5, 0.6) is 5.75 Å². The minimum absolute atomic E-state index is 0.111. The third kappa shape index (κ3) is 2.90. The number of benzene rings is 2. The summed E-state index contributed by atoms with van der Waals surface area (Å²) in [4.78, 5) is 25.9. The van der Waals surface area contributed by atoms with Crippen molar-refractivity contribution in [1.29, 1.82) is 0 Å². The molecular formula is C18H18N2O3. The fourth-order valence-corrected chi connectivity index (χ4v) is 2.58. The molecule has 0 unspecified atom stereocenters. The van der Waals surface area contributed by atoms with E-state index >= 15 is 0 Å². The van der Waals surface area contributed by atoms with Gasteiger partial charge in [0.15, 0.2) is 6.10 Å². The summed E-state index contributed by atoms with van der Waals surface area (Å²) in [5.74, 6) is 0.334. The van der Waals surface area contributed by atoms with E-state index in [1.54, 1.807) is 43.1 Å². The van der Waals surface area contributed by atoms with Gasteiger partial charge in [0, 0.05) is 18.3 Å². The molecule has 0 saturated heterocycles. The van der Waals surface area contributed by atoms with Crippen LogP contribution in [0.3, 0.4) is 0 Å². The lowest BCUT2D eigenvalue weighted by atomic mass is 10.1. The maximum absolute atomic E-state index is 12.3. The molecule has 0 bridgehead atoms. The van der Waals surface area contributed by atoms with Crippen molar-refractivity contribution in [2.24, 2.45) is 0 Å². The second-order valence-electron chi connectivity index (χ2n) is 5.66. The summed E-state index contributed by atoms with van der Waals surface area (Å²) < 4.78 is 5.57. The van der Waals surface area contributed by atoms with Crippen LogP contribution in [-0.2, 0) is 4.79 Å². The number of carbonyl (C=O) groups excluding carboxylic acids is 2. The Kier molecular flexibility index (Phi) is 3.78. The highest BCUT2D eigenvalue weighted by Gasteiger charge is 2.29. The molecule has 0 radical (unpaired) electrons. The Morgan fingerprint density at radius 3 is 2.74 bits per heavy atom. The predicted octanol–water partition coefficient (Wildman–Crippen LogP) is 2.99. The number of carbonyl (C=O) groups is 2. The third-order valence-corrected chi connectivity index (χ3v) is 3.84. The monoisotopic (exact) mass is 310 g/mol. The summed E-state index contributed by atoms with van der Waals surface area (Å²) >= 11 is 0. The summed E-state index contributed by atoms with van der Waals surface area (Å²) in [5.41, 5.74) is 2.89. The zero-order chi connectivity index (χ0) is 16.6. The van der Waals surface area contributed by atoms with Gasteiger partial charge in [-0.2, -0.15) is 0 Å². The Morgan fingerprint density at radius 2 is 2.00 bits per heavy atom. The van der Waals surface area contributed by atoms with Crippen LogP contribution in [-0.4, -0.2) is 25.0 Å². The first-order valence-corrected chi connectivity index (χ1v) is 7.42. The molecular weight excluding hydrogens is 292 g/mol. The normalized spacial score (nSPS) is 16.6. The smallest absolute Gasteiger partial charge is 0.267 e. The van der Waals surface area contributed by atoms with Gasteiger partial charge in [0.05, 0.1) is 5.69 Å². The fourth-order valence-electron chi connectivity index (χ4n) is 2.58. The van der Waals surface area contributed by atoms with E-state index in [4.69, 9.17) is 4.74 Å². The van der Waals surface area contributed by atoms with Gasteiger partial charge in [-0.1, -0.05) is 17.7 Å². The van der Waals surface area contributed by atoms with E-state index < -0.39 is 6.10 Å². The number of hydrogen-bond donors (Lipinski definition) is 1. The molecule has 3 rings (SSSR count). The quantitative estimate of drug-likeness (QED) is 0.927. The Bertz CT molecular complexity index is 786. The Balaban J connectivity index is 1.85. The van der Waals surface area contributed by atoms with E-state index in [9.17, 15) is 9.59 Å². The standard InChI is InChI=1S/C18H18N2O3/c1-11-5-4-6-13(9-11)17(21)19-14-7-8-16-15(10-14)20(3)18(22)12(2)23-16/h4-10,12H,1-3H3,(H,19,21)/t12-/m1/s1. The van der Waals surface area contributed by atoms with Crippen LogP contribution in [0.4, 0.5) is 11.4 Å². The Hall–Kier alpha value is -2.82. The van der Waals surface area contributed by atoms with Gasteiger partial charge in [-0.05, 0) is 44.2 Å². The van der Waals surface area contributed by atoms with Crippen molar-refractivity contribution < 1.29 is 14.3 Å². The molecule has 0 spiro atoms. The number of amides is 2. The van der Waals surface area contributed by atoms with Crippen LogP contribution in [0.2, 0.25) is 0 Å². The Labute approximate surface area is 134 Å². The zero-order valence-electron chi connectivity index (χ0n) is 13.3. The third-order valence-electron chi connectivity index (χ3n) is 3.84. The summed E-state index contributed by atoms with van der Waals surface area (Å²) in [6.07, 6.45) is -0.500. The number of fused-ring (bicyclic) bond motifs is 1. The van der Waals surface area contributed by atoms with Crippen LogP contribution in [0.25, 0.3) is 0 Å². The largest absolute Gasteiger partial charge is 0.479 e. The number of anilines is 2. The van der Waals surface area contributed by atoms with Gasteiger partial charge in [-0.3, -0.25) is 9.59 Å². The van der Waals surface area contributed by atoms with Crippen molar-refractivity contribution >= 4 is 23.2 Å². The molecule has 1 aliphatic rings. The summed E-state index contributed by atoms with van der Waals surface area (Å²) in [7, 11) is 1.70. The summed E-state index contributed by atoms with van der Waals surface area (Å²) in [6, 6.07) is 12.7. The molecule has 0 fully saturated rings.